The second kappa shape index (κ2) is 7.55. The van der Waals surface area contributed by atoms with E-state index < -0.39 is 0 Å². The molecule has 1 unspecified atom stereocenters. The second-order valence-electron chi connectivity index (χ2n) is 6.14. The van der Waals surface area contributed by atoms with Crippen molar-refractivity contribution < 1.29 is 14.3 Å². The number of aromatic nitrogens is 4. The first kappa shape index (κ1) is 17.2. The van der Waals surface area contributed by atoms with Gasteiger partial charge in [-0.25, -0.2) is 4.68 Å². The molecule has 0 fully saturated rings. The number of rotatable bonds is 5. The van der Waals surface area contributed by atoms with Crippen LogP contribution in [0.25, 0.3) is 0 Å². The van der Waals surface area contributed by atoms with Crippen molar-refractivity contribution in [2.24, 2.45) is 0 Å². The molecule has 1 amide bonds. The summed E-state index contributed by atoms with van der Waals surface area (Å²) < 4.78 is 12.9. The molecule has 8 nitrogen and oxygen atoms in total. The average Bonchev–Trinajstić information content (AvgIpc) is 3.16. The number of hydrogen-bond acceptors (Lipinski definition) is 6. The van der Waals surface area contributed by atoms with E-state index in [0.29, 0.717) is 24.5 Å². The molecule has 1 atom stereocenters. The lowest BCUT2D eigenvalue weighted by molar-refractivity contribution is -0.00179. The minimum Gasteiger partial charge on any atom is -0.497 e. The van der Waals surface area contributed by atoms with Crippen LogP contribution in [0.1, 0.15) is 33.5 Å². The van der Waals surface area contributed by atoms with Gasteiger partial charge in [-0.3, -0.25) is 9.78 Å². The Morgan fingerprint density at radius 1 is 1.30 bits per heavy atom. The quantitative estimate of drug-likeness (QED) is 0.742. The van der Waals surface area contributed by atoms with E-state index in [1.165, 1.54) is 0 Å². The second-order valence-corrected chi connectivity index (χ2v) is 6.14. The highest BCUT2D eigenvalue weighted by Crippen LogP contribution is 2.28. The summed E-state index contributed by atoms with van der Waals surface area (Å²) in [6.45, 7) is 1.11. The number of nitrogens with one attached hydrogen (secondary N) is 1. The molecule has 1 aromatic carbocycles. The molecule has 0 radical (unpaired) electrons. The normalized spacial score (nSPS) is 15.8. The van der Waals surface area contributed by atoms with Crippen molar-refractivity contribution in [1.29, 1.82) is 0 Å². The molecule has 1 N–H and O–H groups in total. The fourth-order valence-corrected chi connectivity index (χ4v) is 2.97. The van der Waals surface area contributed by atoms with E-state index in [-0.39, 0.29) is 18.6 Å². The van der Waals surface area contributed by atoms with E-state index in [0.717, 1.165) is 17.0 Å². The first-order valence-electron chi connectivity index (χ1n) is 8.60. The molecule has 27 heavy (non-hydrogen) atoms. The fourth-order valence-electron chi connectivity index (χ4n) is 2.97. The van der Waals surface area contributed by atoms with E-state index in [9.17, 15) is 4.79 Å². The minimum absolute atomic E-state index is 0.144. The van der Waals surface area contributed by atoms with Crippen LogP contribution in [0.5, 0.6) is 5.75 Å². The monoisotopic (exact) mass is 365 g/mol. The maximum Gasteiger partial charge on any atom is 0.274 e. The van der Waals surface area contributed by atoms with Gasteiger partial charge in [-0.2, -0.15) is 0 Å². The maximum absolute atomic E-state index is 12.4. The van der Waals surface area contributed by atoms with Gasteiger partial charge in [-0.1, -0.05) is 23.4 Å². The molecule has 0 aliphatic carbocycles. The molecule has 8 heteroatoms. The molecule has 0 spiro atoms. The van der Waals surface area contributed by atoms with Gasteiger partial charge in [0.2, 0.25) is 0 Å². The summed E-state index contributed by atoms with van der Waals surface area (Å²) in [6, 6.07) is 13.3. The summed E-state index contributed by atoms with van der Waals surface area (Å²) in [6.07, 6.45) is 1.55. The minimum atomic E-state index is -0.284. The van der Waals surface area contributed by atoms with E-state index in [1.807, 2.05) is 42.5 Å². The molecule has 0 saturated carbocycles. The molecule has 1 aliphatic rings. The molecule has 3 heterocycles. The third-order valence-corrected chi connectivity index (χ3v) is 4.46. The summed E-state index contributed by atoms with van der Waals surface area (Å²) >= 11 is 0. The number of methoxy groups -OCH3 is 1. The molecule has 3 aromatic rings. The smallest absolute Gasteiger partial charge is 0.274 e. The molecule has 2 aromatic heterocycles. The zero-order chi connectivity index (χ0) is 18.6. The Morgan fingerprint density at radius 2 is 2.15 bits per heavy atom. The number of ether oxygens (including phenoxy) is 2. The van der Waals surface area contributed by atoms with Gasteiger partial charge in [0, 0.05) is 6.20 Å². The molecular formula is C19H19N5O3. The summed E-state index contributed by atoms with van der Waals surface area (Å²) in [7, 11) is 1.63. The van der Waals surface area contributed by atoms with Crippen molar-refractivity contribution >= 4 is 5.91 Å². The van der Waals surface area contributed by atoms with Gasteiger partial charge in [-0.15, -0.1) is 5.10 Å². The van der Waals surface area contributed by atoms with Crippen LogP contribution in [0.15, 0.2) is 48.7 Å². The van der Waals surface area contributed by atoms with E-state index >= 15 is 0 Å². The Morgan fingerprint density at radius 3 is 2.89 bits per heavy atom. The number of pyridine rings is 1. The van der Waals surface area contributed by atoms with Crippen LogP contribution in [-0.4, -0.2) is 33.0 Å². The maximum atomic E-state index is 12.4. The van der Waals surface area contributed by atoms with E-state index in [1.54, 1.807) is 18.0 Å². The number of amides is 1. The summed E-state index contributed by atoms with van der Waals surface area (Å²) in [5, 5.41) is 11.0. The lowest BCUT2D eigenvalue weighted by Crippen LogP contribution is -2.27. The van der Waals surface area contributed by atoms with Crippen molar-refractivity contribution in [1.82, 2.24) is 25.3 Å². The molecule has 4 rings (SSSR count). The predicted octanol–water partition coefficient (Wildman–Crippen LogP) is 1.88. The standard InChI is InChI=1S/C19H19N5O3/c1-26-15-7-5-13(6-8-15)17-11-24-16(12-27-17)18(22-23-24)19(25)21-10-14-4-2-3-9-20-14/h2-9,17H,10-12H2,1H3,(H,21,25). The number of carbonyl (C=O) groups is 1. The SMILES string of the molecule is COc1ccc(C2Cn3nnc(C(=O)NCc4ccccn4)c3CO2)cc1. The van der Waals surface area contributed by atoms with Crippen LogP contribution in [-0.2, 0) is 24.4 Å². The van der Waals surface area contributed by atoms with Gasteiger partial charge >= 0.3 is 0 Å². The Hall–Kier alpha value is -3.26. The van der Waals surface area contributed by atoms with Crippen LogP contribution in [0.4, 0.5) is 0 Å². The third-order valence-electron chi connectivity index (χ3n) is 4.46. The van der Waals surface area contributed by atoms with Gasteiger partial charge < -0.3 is 14.8 Å². The Balaban J connectivity index is 1.44. The molecule has 1 aliphatic heterocycles. The Bertz CT molecular complexity index is 924. The third kappa shape index (κ3) is 3.65. The summed E-state index contributed by atoms with van der Waals surface area (Å²) in [4.78, 5) is 16.6. The highest BCUT2D eigenvalue weighted by atomic mass is 16.5. The van der Waals surface area contributed by atoms with E-state index in [2.05, 4.69) is 20.6 Å². The van der Waals surface area contributed by atoms with Gasteiger partial charge in [0.25, 0.3) is 5.91 Å². The molecular weight excluding hydrogens is 346 g/mol. The predicted molar refractivity (Wildman–Crippen MR) is 96.0 cm³/mol. The van der Waals surface area contributed by atoms with Crippen molar-refractivity contribution in [2.45, 2.75) is 25.8 Å². The van der Waals surface area contributed by atoms with Crippen molar-refractivity contribution in [3.63, 3.8) is 0 Å². The lowest BCUT2D eigenvalue weighted by atomic mass is 10.1. The molecule has 0 bridgehead atoms. The zero-order valence-electron chi connectivity index (χ0n) is 14.8. The first-order chi connectivity index (χ1) is 13.2. The van der Waals surface area contributed by atoms with Gasteiger partial charge in [0.15, 0.2) is 5.69 Å². The number of benzene rings is 1. The van der Waals surface area contributed by atoms with E-state index in [4.69, 9.17) is 9.47 Å². The van der Waals surface area contributed by atoms with Crippen LogP contribution >= 0.6 is 0 Å². The Kier molecular flexibility index (Phi) is 4.80. The van der Waals surface area contributed by atoms with Crippen molar-refractivity contribution in [3.05, 3.63) is 71.3 Å². The fraction of sp³-hybridized carbons (Fsp3) is 0.263. The zero-order valence-corrected chi connectivity index (χ0v) is 14.8. The largest absolute Gasteiger partial charge is 0.497 e. The van der Waals surface area contributed by atoms with Crippen LogP contribution in [0.3, 0.4) is 0 Å². The van der Waals surface area contributed by atoms with Gasteiger partial charge in [-0.05, 0) is 29.8 Å². The number of hydrogen-bond donors (Lipinski definition) is 1. The highest BCUT2D eigenvalue weighted by Gasteiger charge is 2.27. The number of carbonyl (C=O) groups excluding carboxylic acids is 1. The number of nitrogens with zero attached hydrogens (tertiary/aromatic N) is 4. The topological polar surface area (TPSA) is 91.2 Å². The highest BCUT2D eigenvalue weighted by molar-refractivity contribution is 5.93. The van der Waals surface area contributed by atoms with Gasteiger partial charge in [0.05, 0.1) is 38.2 Å². The average molecular weight is 365 g/mol. The first-order valence-corrected chi connectivity index (χ1v) is 8.60. The van der Waals surface area contributed by atoms with Crippen molar-refractivity contribution in [2.75, 3.05) is 7.11 Å². The number of fused-ring (bicyclic) bond motifs is 1. The molecule has 0 saturated heterocycles. The van der Waals surface area contributed by atoms with Gasteiger partial charge in [0.1, 0.15) is 11.9 Å². The van der Waals surface area contributed by atoms with Crippen LogP contribution in [0.2, 0.25) is 0 Å². The molecule has 138 valence electrons. The lowest BCUT2D eigenvalue weighted by Gasteiger charge is -2.24. The van der Waals surface area contributed by atoms with Crippen LogP contribution in [0, 0.1) is 0 Å². The van der Waals surface area contributed by atoms with Crippen LogP contribution < -0.4 is 10.1 Å². The van der Waals surface area contributed by atoms with Crippen molar-refractivity contribution in [3.8, 4) is 5.75 Å². The Labute approximate surface area is 156 Å². The summed E-state index contributed by atoms with van der Waals surface area (Å²) in [5.41, 5.74) is 2.78. The summed E-state index contributed by atoms with van der Waals surface area (Å²) in [5.74, 6) is 0.510.